The van der Waals surface area contributed by atoms with E-state index >= 15 is 0 Å². The molecule has 2 heterocycles. The number of aryl methyl sites for hydroxylation is 3. The Morgan fingerprint density at radius 3 is 2.50 bits per heavy atom. The number of rotatable bonds is 5. The molecule has 1 atom stereocenters. The molecule has 140 valence electrons. The minimum atomic E-state index is -2.93. The number of sulfone groups is 1. The lowest BCUT2D eigenvalue weighted by Crippen LogP contribution is -2.36. The fourth-order valence-corrected chi connectivity index (χ4v) is 5.42. The number of hydrogen-bond acceptors (Lipinski definition) is 6. The van der Waals surface area contributed by atoms with Crippen molar-refractivity contribution in [3.05, 3.63) is 41.1 Å². The third-order valence-electron chi connectivity index (χ3n) is 4.84. The largest absolute Gasteiger partial charge is 0.353 e. The van der Waals surface area contributed by atoms with Crippen molar-refractivity contribution in [2.75, 3.05) is 28.3 Å². The number of anilines is 3. The van der Waals surface area contributed by atoms with Crippen LogP contribution >= 0.6 is 0 Å². The highest BCUT2D eigenvalue weighted by Gasteiger charge is 2.32. The second-order valence-electron chi connectivity index (χ2n) is 6.98. The van der Waals surface area contributed by atoms with E-state index in [0.29, 0.717) is 18.9 Å². The van der Waals surface area contributed by atoms with Crippen LogP contribution in [0.1, 0.15) is 30.0 Å². The fourth-order valence-electron chi connectivity index (χ4n) is 3.69. The lowest BCUT2D eigenvalue weighted by Gasteiger charge is -2.28. The maximum Gasteiger partial charge on any atom is 0.229 e. The SMILES string of the molecule is CCN(c1ccnc(Nc2c(C)cc(C)cc2C)n1)C1CCS(=O)(=O)C1. The Kier molecular flexibility index (Phi) is 5.18. The molecule has 1 aliphatic heterocycles. The average molecular weight is 375 g/mol. The topological polar surface area (TPSA) is 75.2 Å². The van der Waals surface area contributed by atoms with Gasteiger partial charge in [-0.05, 0) is 51.3 Å². The van der Waals surface area contributed by atoms with Gasteiger partial charge < -0.3 is 10.2 Å². The fraction of sp³-hybridized carbons (Fsp3) is 0.474. The zero-order chi connectivity index (χ0) is 18.9. The van der Waals surface area contributed by atoms with Crippen LogP contribution in [0.2, 0.25) is 0 Å². The third kappa shape index (κ3) is 3.98. The lowest BCUT2D eigenvalue weighted by atomic mass is 10.1. The van der Waals surface area contributed by atoms with E-state index in [9.17, 15) is 8.42 Å². The van der Waals surface area contributed by atoms with Crippen molar-refractivity contribution in [2.45, 2.75) is 40.2 Å². The Morgan fingerprint density at radius 1 is 1.23 bits per heavy atom. The molecule has 1 unspecified atom stereocenters. The average Bonchev–Trinajstić information content (AvgIpc) is 2.92. The Balaban J connectivity index is 1.86. The minimum Gasteiger partial charge on any atom is -0.353 e. The van der Waals surface area contributed by atoms with Gasteiger partial charge in [0.25, 0.3) is 0 Å². The molecule has 3 rings (SSSR count). The summed E-state index contributed by atoms with van der Waals surface area (Å²) in [6.45, 7) is 8.94. The van der Waals surface area contributed by atoms with Gasteiger partial charge in [-0.2, -0.15) is 4.98 Å². The molecule has 1 fully saturated rings. The first-order valence-corrected chi connectivity index (χ1v) is 10.8. The Bertz CT molecular complexity index is 889. The van der Waals surface area contributed by atoms with Gasteiger partial charge in [0.1, 0.15) is 5.82 Å². The van der Waals surface area contributed by atoms with Gasteiger partial charge in [0.15, 0.2) is 9.84 Å². The van der Waals surface area contributed by atoms with Crippen molar-refractivity contribution in [1.29, 1.82) is 0 Å². The Labute approximate surface area is 155 Å². The van der Waals surface area contributed by atoms with Gasteiger partial charge in [-0.3, -0.25) is 0 Å². The van der Waals surface area contributed by atoms with Crippen LogP contribution in [0.5, 0.6) is 0 Å². The van der Waals surface area contributed by atoms with Gasteiger partial charge in [-0.25, -0.2) is 13.4 Å². The monoisotopic (exact) mass is 374 g/mol. The van der Waals surface area contributed by atoms with Crippen molar-refractivity contribution in [1.82, 2.24) is 9.97 Å². The summed E-state index contributed by atoms with van der Waals surface area (Å²) in [4.78, 5) is 11.1. The molecule has 2 aromatic rings. The summed E-state index contributed by atoms with van der Waals surface area (Å²) in [5.74, 6) is 1.74. The van der Waals surface area contributed by atoms with Crippen molar-refractivity contribution < 1.29 is 8.42 Å². The molecule has 0 spiro atoms. The van der Waals surface area contributed by atoms with E-state index in [-0.39, 0.29) is 17.5 Å². The van der Waals surface area contributed by atoms with Crippen LogP contribution in [0.4, 0.5) is 17.5 Å². The molecule has 1 aliphatic rings. The van der Waals surface area contributed by atoms with Crippen molar-refractivity contribution in [3.63, 3.8) is 0 Å². The van der Waals surface area contributed by atoms with Crippen LogP contribution in [0.3, 0.4) is 0 Å². The summed E-state index contributed by atoms with van der Waals surface area (Å²) in [6, 6.07) is 6.08. The minimum absolute atomic E-state index is 0.0180. The lowest BCUT2D eigenvalue weighted by molar-refractivity contribution is 0.599. The summed E-state index contributed by atoms with van der Waals surface area (Å²) in [6.07, 6.45) is 2.37. The van der Waals surface area contributed by atoms with Gasteiger partial charge in [0.2, 0.25) is 5.95 Å². The van der Waals surface area contributed by atoms with E-state index in [0.717, 1.165) is 22.6 Å². The van der Waals surface area contributed by atoms with Crippen LogP contribution in [-0.2, 0) is 9.84 Å². The smallest absolute Gasteiger partial charge is 0.229 e. The van der Waals surface area contributed by atoms with E-state index in [1.807, 2.05) is 13.0 Å². The predicted octanol–water partition coefficient (Wildman–Crippen LogP) is 3.16. The molecule has 26 heavy (non-hydrogen) atoms. The molecule has 1 N–H and O–H groups in total. The molecule has 1 saturated heterocycles. The van der Waals surface area contributed by atoms with Crippen LogP contribution in [0.25, 0.3) is 0 Å². The number of nitrogens with zero attached hydrogens (tertiary/aromatic N) is 3. The van der Waals surface area contributed by atoms with E-state index in [4.69, 9.17) is 0 Å². The molecule has 6 nitrogen and oxygen atoms in total. The maximum atomic E-state index is 11.8. The molecule has 0 amide bonds. The summed E-state index contributed by atoms with van der Waals surface area (Å²) in [5, 5.41) is 3.33. The molecule has 0 bridgehead atoms. The highest BCUT2D eigenvalue weighted by Crippen LogP contribution is 2.27. The van der Waals surface area contributed by atoms with Crippen molar-refractivity contribution in [3.8, 4) is 0 Å². The van der Waals surface area contributed by atoms with E-state index in [1.54, 1.807) is 6.20 Å². The first-order chi connectivity index (χ1) is 12.3. The second-order valence-corrected chi connectivity index (χ2v) is 9.21. The zero-order valence-electron chi connectivity index (χ0n) is 15.8. The van der Waals surface area contributed by atoms with Crippen molar-refractivity contribution in [2.24, 2.45) is 0 Å². The summed E-state index contributed by atoms with van der Waals surface area (Å²) >= 11 is 0. The maximum absolute atomic E-state index is 11.8. The first kappa shape index (κ1) is 18.6. The summed E-state index contributed by atoms with van der Waals surface area (Å²) < 4.78 is 23.7. The van der Waals surface area contributed by atoms with E-state index in [2.05, 4.69) is 53.1 Å². The second kappa shape index (κ2) is 7.23. The molecule has 7 heteroatoms. The molecule has 0 radical (unpaired) electrons. The molecule has 0 saturated carbocycles. The Hall–Kier alpha value is -2.15. The van der Waals surface area contributed by atoms with Crippen LogP contribution in [0, 0.1) is 20.8 Å². The number of benzene rings is 1. The summed E-state index contributed by atoms with van der Waals surface area (Å²) in [7, 11) is -2.93. The highest BCUT2D eigenvalue weighted by molar-refractivity contribution is 7.91. The molecule has 1 aromatic heterocycles. The van der Waals surface area contributed by atoms with Gasteiger partial charge >= 0.3 is 0 Å². The predicted molar refractivity (Wildman–Crippen MR) is 106 cm³/mol. The number of aromatic nitrogens is 2. The normalized spacial score (nSPS) is 18.7. The van der Waals surface area contributed by atoms with Gasteiger partial charge in [-0.15, -0.1) is 0 Å². The third-order valence-corrected chi connectivity index (χ3v) is 6.59. The van der Waals surface area contributed by atoms with Crippen LogP contribution < -0.4 is 10.2 Å². The number of hydrogen-bond donors (Lipinski definition) is 1. The van der Waals surface area contributed by atoms with E-state index in [1.165, 1.54) is 5.56 Å². The first-order valence-electron chi connectivity index (χ1n) is 8.94. The quantitative estimate of drug-likeness (QED) is 0.866. The van der Waals surface area contributed by atoms with Gasteiger partial charge in [0.05, 0.1) is 11.5 Å². The molecule has 1 aromatic carbocycles. The summed E-state index contributed by atoms with van der Waals surface area (Å²) in [5.41, 5.74) is 4.52. The zero-order valence-corrected chi connectivity index (χ0v) is 16.6. The molecular formula is C19H26N4O2S. The van der Waals surface area contributed by atoms with Crippen LogP contribution in [-0.4, -0.2) is 42.5 Å². The van der Waals surface area contributed by atoms with Gasteiger partial charge in [-0.1, -0.05) is 17.7 Å². The number of nitrogens with one attached hydrogen (secondary N) is 1. The highest BCUT2D eigenvalue weighted by atomic mass is 32.2. The van der Waals surface area contributed by atoms with Crippen LogP contribution in [0.15, 0.2) is 24.4 Å². The van der Waals surface area contributed by atoms with E-state index < -0.39 is 9.84 Å². The van der Waals surface area contributed by atoms with Gasteiger partial charge in [0, 0.05) is 24.5 Å². The molecular weight excluding hydrogens is 348 g/mol. The Morgan fingerprint density at radius 2 is 1.92 bits per heavy atom. The van der Waals surface area contributed by atoms with Crippen molar-refractivity contribution >= 4 is 27.3 Å². The standard InChI is InChI=1S/C19H26N4O2S/c1-5-23(16-7-9-26(24,25)12-16)17-6-8-20-19(21-17)22-18-14(3)10-13(2)11-15(18)4/h6,8,10-11,16H,5,7,9,12H2,1-4H3,(H,20,21,22). The molecule has 0 aliphatic carbocycles.